The zero-order valence-electron chi connectivity index (χ0n) is 9.54. The largest absolute Gasteiger partial charge is 0.464 e. The Morgan fingerprint density at radius 1 is 1.62 bits per heavy atom. The molecule has 5 heteroatoms. The van der Waals surface area contributed by atoms with Gasteiger partial charge in [-0.25, -0.2) is 5.43 Å². The van der Waals surface area contributed by atoms with Gasteiger partial charge in [0.05, 0.1) is 4.95 Å². The molecule has 0 spiro atoms. The highest BCUT2D eigenvalue weighted by molar-refractivity contribution is 9.09. The number of esters is 1. The van der Waals surface area contributed by atoms with E-state index in [1.165, 1.54) is 6.92 Å². The SMILES string of the molecule is C=C/C=C\CCC(Br)NNCCOC(C)=O. The lowest BCUT2D eigenvalue weighted by Crippen LogP contribution is -2.39. The van der Waals surface area contributed by atoms with E-state index in [1.54, 1.807) is 6.08 Å². The first-order valence-corrected chi connectivity index (χ1v) is 6.11. The summed E-state index contributed by atoms with van der Waals surface area (Å²) in [6.45, 7) is 5.95. The number of alkyl halides is 1. The minimum atomic E-state index is -0.258. The summed E-state index contributed by atoms with van der Waals surface area (Å²) in [5.41, 5.74) is 6.01. The topological polar surface area (TPSA) is 50.4 Å². The first-order chi connectivity index (χ1) is 7.66. The van der Waals surface area contributed by atoms with Crippen molar-refractivity contribution in [1.82, 2.24) is 10.9 Å². The van der Waals surface area contributed by atoms with Crippen LogP contribution in [-0.4, -0.2) is 24.1 Å². The number of hydrazine groups is 1. The molecule has 4 nitrogen and oxygen atoms in total. The Bertz CT molecular complexity index is 232. The molecular formula is C11H19BrN2O2. The third kappa shape index (κ3) is 11.4. The molecule has 0 rings (SSSR count). The molecule has 0 saturated carbocycles. The molecule has 0 heterocycles. The van der Waals surface area contributed by atoms with E-state index in [4.69, 9.17) is 4.74 Å². The van der Waals surface area contributed by atoms with E-state index in [-0.39, 0.29) is 10.9 Å². The summed E-state index contributed by atoms with van der Waals surface area (Å²) >= 11 is 3.47. The fourth-order valence-electron chi connectivity index (χ4n) is 0.936. The molecule has 16 heavy (non-hydrogen) atoms. The van der Waals surface area contributed by atoms with Gasteiger partial charge in [-0.15, -0.1) is 0 Å². The van der Waals surface area contributed by atoms with E-state index in [0.29, 0.717) is 13.2 Å². The number of nitrogens with one attached hydrogen (secondary N) is 2. The van der Waals surface area contributed by atoms with Crippen molar-refractivity contribution in [2.24, 2.45) is 0 Å². The third-order valence-corrected chi connectivity index (χ3v) is 2.34. The minimum absolute atomic E-state index is 0.194. The molecule has 0 amide bonds. The van der Waals surface area contributed by atoms with Gasteiger partial charge in [-0.3, -0.25) is 10.2 Å². The lowest BCUT2D eigenvalue weighted by atomic mass is 10.3. The van der Waals surface area contributed by atoms with Gasteiger partial charge >= 0.3 is 5.97 Å². The van der Waals surface area contributed by atoms with Gasteiger partial charge < -0.3 is 4.74 Å². The maximum atomic E-state index is 10.4. The highest BCUT2D eigenvalue weighted by Gasteiger charge is 2.00. The maximum Gasteiger partial charge on any atom is 0.302 e. The number of halogens is 1. The normalized spacial score (nSPS) is 12.6. The van der Waals surface area contributed by atoms with Crippen LogP contribution in [0.1, 0.15) is 19.8 Å². The molecule has 0 fully saturated rings. The van der Waals surface area contributed by atoms with Crippen LogP contribution in [0.2, 0.25) is 0 Å². The van der Waals surface area contributed by atoms with Crippen LogP contribution in [0, 0.1) is 0 Å². The number of carbonyl (C=O) groups excluding carboxylic acids is 1. The summed E-state index contributed by atoms with van der Waals surface area (Å²) < 4.78 is 4.76. The Hall–Kier alpha value is -0.650. The van der Waals surface area contributed by atoms with Crippen LogP contribution in [0.4, 0.5) is 0 Å². The molecule has 1 unspecified atom stereocenters. The molecule has 0 aromatic carbocycles. The van der Waals surface area contributed by atoms with Gasteiger partial charge in [-0.2, -0.15) is 0 Å². The molecule has 0 aromatic heterocycles. The molecule has 0 saturated heterocycles. The highest BCUT2D eigenvalue weighted by atomic mass is 79.9. The van der Waals surface area contributed by atoms with Crippen molar-refractivity contribution >= 4 is 21.9 Å². The van der Waals surface area contributed by atoms with Crippen molar-refractivity contribution < 1.29 is 9.53 Å². The van der Waals surface area contributed by atoms with Gasteiger partial charge in [-0.05, 0) is 12.8 Å². The average molecular weight is 291 g/mol. The Morgan fingerprint density at radius 2 is 2.38 bits per heavy atom. The van der Waals surface area contributed by atoms with Crippen molar-refractivity contribution in [2.45, 2.75) is 24.7 Å². The maximum absolute atomic E-state index is 10.4. The second kappa shape index (κ2) is 10.9. The molecule has 1 atom stereocenters. The average Bonchev–Trinajstić information content (AvgIpc) is 2.23. The van der Waals surface area contributed by atoms with Crippen LogP contribution in [-0.2, 0) is 9.53 Å². The number of hydrogen-bond acceptors (Lipinski definition) is 4. The lowest BCUT2D eigenvalue weighted by Gasteiger charge is -2.12. The van der Waals surface area contributed by atoms with Crippen LogP contribution in [0.5, 0.6) is 0 Å². The van der Waals surface area contributed by atoms with Gasteiger partial charge in [0.15, 0.2) is 0 Å². The summed E-state index contributed by atoms with van der Waals surface area (Å²) in [6.07, 6.45) is 7.68. The number of carbonyl (C=O) groups is 1. The van der Waals surface area contributed by atoms with E-state index < -0.39 is 0 Å². The second-order valence-corrected chi connectivity index (χ2v) is 4.23. The zero-order valence-corrected chi connectivity index (χ0v) is 11.1. The van der Waals surface area contributed by atoms with Crippen molar-refractivity contribution in [2.75, 3.05) is 13.2 Å². The Labute approximate surface area is 105 Å². The van der Waals surface area contributed by atoms with Crippen molar-refractivity contribution in [3.63, 3.8) is 0 Å². The van der Waals surface area contributed by atoms with Gasteiger partial charge in [0, 0.05) is 13.5 Å². The van der Waals surface area contributed by atoms with Crippen LogP contribution in [0.15, 0.2) is 24.8 Å². The van der Waals surface area contributed by atoms with Crippen LogP contribution in [0.3, 0.4) is 0 Å². The number of rotatable bonds is 9. The summed E-state index contributed by atoms with van der Waals surface area (Å²) in [6, 6.07) is 0. The van der Waals surface area contributed by atoms with Gasteiger partial charge in [0.1, 0.15) is 6.61 Å². The quantitative estimate of drug-likeness (QED) is 0.170. The van der Waals surface area contributed by atoms with Gasteiger partial charge in [0.2, 0.25) is 0 Å². The fourth-order valence-corrected chi connectivity index (χ4v) is 1.36. The van der Waals surface area contributed by atoms with E-state index >= 15 is 0 Å². The highest BCUT2D eigenvalue weighted by Crippen LogP contribution is 2.03. The van der Waals surface area contributed by atoms with Crippen LogP contribution >= 0.6 is 15.9 Å². The van der Waals surface area contributed by atoms with Crippen molar-refractivity contribution in [1.29, 1.82) is 0 Å². The minimum Gasteiger partial charge on any atom is -0.464 e. The van der Waals surface area contributed by atoms with Crippen molar-refractivity contribution in [3.8, 4) is 0 Å². The molecule has 0 aliphatic rings. The molecule has 0 bridgehead atoms. The van der Waals surface area contributed by atoms with Gasteiger partial charge in [0.25, 0.3) is 0 Å². The second-order valence-electron chi connectivity index (χ2n) is 3.12. The summed E-state index contributed by atoms with van der Waals surface area (Å²) in [5, 5.41) is 0. The third-order valence-electron chi connectivity index (χ3n) is 1.65. The fraction of sp³-hybridized carbons (Fsp3) is 0.545. The Balaban J connectivity index is 3.29. The first kappa shape index (κ1) is 15.3. The molecular weight excluding hydrogens is 272 g/mol. The predicted octanol–water partition coefficient (Wildman–Crippen LogP) is 1.89. The van der Waals surface area contributed by atoms with Crippen LogP contribution < -0.4 is 10.9 Å². The lowest BCUT2D eigenvalue weighted by molar-refractivity contribution is -0.140. The molecule has 0 radical (unpaired) electrons. The number of ether oxygens (including phenoxy) is 1. The predicted molar refractivity (Wildman–Crippen MR) is 69.1 cm³/mol. The summed E-state index contributed by atoms with van der Waals surface area (Å²) in [4.78, 5) is 10.6. The van der Waals surface area contributed by atoms with Gasteiger partial charge in [-0.1, -0.05) is 40.7 Å². The summed E-state index contributed by atoms with van der Waals surface area (Å²) in [5.74, 6) is -0.258. The molecule has 2 N–H and O–H groups in total. The molecule has 0 aliphatic heterocycles. The first-order valence-electron chi connectivity index (χ1n) is 5.20. The Morgan fingerprint density at radius 3 is 3.00 bits per heavy atom. The van der Waals surface area contributed by atoms with E-state index in [1.807, 2.05) is 6.08 Å². The van der Waals surface area contributed by atoms with Crippen LogP contribution in [0.25, 0.3) is 0 Å². The van der Waals surface area contributed by atoms with E-state index in [0.717, 1.165) is 12.8 Å². The zero-order chi connectivity index (χ0) is 12.2. The molecule has 0 aliphatic carbocycles. The van der Waals surface area contributed by atoms with Crippen molar-refractivity contribution in [3.05, 3.63) is 24.8 Å². The number of allylic oxidation sites excluding steroid dienone is 3. The summed E-state index contributed by atoms with van der Waals surface area (Å²) in [7, 11) is 0. The smallest absolute Gasteiger partial charge is 0.302 e. The number of hydrogen-bond donors (Lipinski definition) is 2. The molecule has 0 aromatic rings. The monoisotopic (exact) mass is 290 g/mol. The standard InChI is InChI=1S/C11H19BrN2O2/c1-3-4-5-6-7-11(12)14-13-8-9-16-10(2)15/h3-5,11,13-14H,1,6-9H2,2H3/b5-4-. The van der Waals surface area contributed by atoms with E-state index in [2.05, 4.69) is 39.4 Å². The molecule has 92 valence electrons. The Kier molecular flexibility index (Phi) is 10.4. The van der Waals surface area contributed by atoms with E-state index in [9.17, 15) is 4.79 Å².